The van der Waals surface area contributed by atoms with Crippen LogP contribution in [-0.2, 0) is 0 Å². The van der Waals surface area contributed by atoms with E-state index in [2.05, 4.69) is 50.2 Å². The topological polar surface area (TPSA) is 18.5 Å². The molecule has 2 nitrogen and oxygen atoms in total. The van der Waals surface area contributed by atoms with Crippen LogP contribution in [0.2, 0.25) is 0 Å². The molecular weight excluding hydrogens is 296 g/mol. The van der Waals surface area contributed by atoms with Crippen molar-refractivity contribution in [1.82, 2.24) is 0 Å². The van der Waals surface area contributed by atoms with Gasteiger partial charge >= 0.3 is 0 Å². The lowest BCUT2D eigenvalue weighted by atomic mass is 10.1. The van der Waals surface area contributed by atoms with Gasteiger partial charge in [-0.05, 0) is 24.3 Å². The Hall–Kier alpha value is -1.70. The van der Waals surface area contributed by atoms with Crippen molar-refractivity contribution in [2.45, 2.75) is 65.2 Å². The molecule has 0 N–H and O–H groups in total. The predicted molar refractivity (Wildman–Crippen MR) is 103 cm³/mol. The number of unbranched alkanes of at least 4 members (excludes halogenated alkanes) is 6. The highest BCUT2D eigenvalue weighted by Crippen LogP contribution is 2.36. The van der Waals surface area contributed by atoms with Crippen LogP contribution in [0.4, 0.5) is 0 Å². The molecular formula is C22H32O2. The lowest BCUT2D eigenvalue weighted by Gasteiger charge is -2.15. The van der Waals surface area contributed by atoms with Crippen molar-refractivity contribution in [1.29, 1.82) is 0 Å². The van der Waals surface area contributed by atoms with Crippen molar-refractivity contribution in [2.75, 3.05) is 13.2 Å². The van der Waals surface area contributed by atoms with Crippen LogP contribution in [0.1, 0.15) is 65.2 Å². The molecule has 0 radical (unpaired) electrons. The summed E-state index contributed by atoms with van der Waals surface area (Å²) in [5.41, 5.74) is 0. The summed E-state index contributed by atoms with van der Waals surface area (Å²) in [6, 6.07) is 12.6. The van der Waals surface area contributed by atoms with Crippen molar-refractivity contribution in [2.24, 2.45) is 0 Å². The van der Waals surface area contributed by atoms with Gasteiger partial charge in [0.05, 0.1) is 13.2 Å². The highest BCUT2D eigenvalue weighted by molar-refractivity contribution is 5.90. The summed E-state index contributed by atoms with van der Waals surface area (Å²) in [7, 11) is 0. The highest BCUT2D eigenvalue weighted by Gasteiger charge is 2.10. The molecule has 0 aromatic heterocycles. The Balaban J connectivity index is 2.03. The molecule has 2 aromatic carbocycles. The lowest BCUT2D eigenvalue weighted by Crippen LogP contribution is -2.03. The van der Waals surface area contributed by atoms with Gasteiger partial charge in [-0.15, -0.1) is 0 Å². The van der Waals surface area contributed by atoms with Crippen LogP contribution >= 0.6 is 0 Å². The van der Waals surface area contributed by atoms with Crippen LogP contribution in [0.15, 0.2) is 36.4 Å². The van der Waals surface area contributed by atoms with E-state index in [-0.39, 0.29) is 0 Å². The van der Waals surface area contributed by atoms with E-state index in [1.165, 1.54) is 43.9 Å². The first kappa shape index (κ1) is 18.6. The van der Waals surface area contributed by atoms with Crippen molar-refractivity contribution >= 4 is 10.8 Å². The van der Waals surface area contributed by atoms with Gasteiger partial charge in [-0.2, -0.15) is 0 Å². The number of hydrogen-bond donors (Lipinski definition) is 0. The minimum atomic E-state index is 0.764. The summed E-state index contributed by atoms with van der Waals surface area (Å²) in [6.45, 7) is 6.00. The van der Waals surface area contributed by atoms with Crippen LogP contribution in [0.3, 0.4) is 0 Å². The molecule has 24 heavy (non-hydrogen) atoms. The number of benzene rings is 2. The van der Waals surface area contributed by atoms with Gasteiger partial charge in [-0.3, -0.25) is 0 Å². The minimum absolute atomic E-state index is 0.764. The molecule has 0 heterocycles. The summed E-state index contributed by atoms with van der Waals surface area (Å²) in [6.07, 6.45) is 9.74. The van der Waals surface area contributed by atoms with E-state index in [4.69, 9.17) is 9.47 Å². The van der Waals surface area contributed by atoms with E-state index < -0.39 is 0 Å². The third-order valence-electron chi connectivity index (χ3n) is 4.34. The van der Waals surface area contributed by atoms with E-state index in [1.54, 1.807) is 0 Å². The Kier molecular flexibility index (Phi) is 8.51. The van der Waals surface area contributed by atoms with E-state index in [1.807, 2.05) is 0 Å². The summed E-state index contributed by atoms with van der Waals surface area (Å²) in [5, 5.41) is 2.36. The van der Waals surface area contributed by atoms with E-state index in [0.29, 0.717) is 0 Å². The standard InChI is InChI=1S/C22H32O2/c1-3-5-7-11-17-23-21-16-15-19-13-9-10-14-20(19)22(21)24-18-12-8-6-4-2/h9-10,13-16H,3-8,11-12,17-18H2,1-2H3. The van der Waals surface area contributed by atoms with Crippen molar-refractivity contribution in [3.8, 4) is 11.5 Å². The molecule has 2 rings (SSSR count). The van der Waals surface area contributed by atoms with Gasteiger partial charge in [0.15, 0.2) is 11.5 Å². The molecule has 132 valence electrons. The molecule has 2 heteroatoms. The van der Waals surface area contributed by atoms with Crippen LogP contribution in [0.5, 0.6) is 11.5 Å². The van der Waals surface area contributed by atoms with Crippen LogP contribution in [0, 0.1) is 0 Å². The number of ether oxygens (including phenoxy) is 2. The molecule has 0 fully saturated rings. The molecule has 0 atom stereocenters. The Labute approximate surface area is 147 Å². The maximum Gasteiger partial charge on any atom is 0.168 e. The monoisotopic (exact) mass is 328 g/mol. The average molecular weight is 328 g/mol. The van der Waals surface area contributed by atoms with Crippen LogP contribution in [-0.4, -0.2) is 13.2 Å². The third kappa shape index (κ3) is 5.74. The molecule has 0 saturated carbocycles. The second-order valence-corrected chi connectivity index (χ2v) is 6.43. The molecule has 0 aliphatic heterocycles. The second-order valence-electron chi connectivity index (χ2n) is 6.43. The summed E-state index contributed by atoms with van der Waals surface area (Å²) in [5.74, 6) is 1.81. The van der Waals surface area contributed by atoms with Gasteiger partial charge in [0.25, 0.3) is 0 Å². The maximum absolute atomic E-state index is 6.15. The zero-order valence-electron chi connectivity index (χ0n) is 15.4. The van der Waals surface area contributed by atoms with E-state index >= 15 is 0 Å². The van der Waals surface area contributed by atoms with Crippen molar-refractivity contribution in [3.05, 3.63) is 36.4 Å². The first-order valence-electron chi connectivity index (χ1n) is 9.64. The molecule has 0 amide bonds. The largest absolute Gasteiger partial charge is 0.490 e. The van der Waals surface area contributed by atoms with E-state index in [9.17, 15) is 0 Å². The Morgan fingerprint density at radius 2 is 1.33 bits per heavy atom. The first-order valence-corrected chi connectivity index (χ1v) is 9.64. The average Bonchev–Trinajstić information content (AvgIpc) is 2.62. The lowest BCUT2D eigenvalue weighted by molar-refractivity contribution is 0.261. The molecule has 2 aromatic rings. The van der Waals surface area contributed by atoms with E-state index in [0.717, 1.165) is 42.9 Å². The zero-order valence-corrected chi connectivity index (χ0v) is 15.4. The van der Waals surface area contributed by atoms with Gasteiger partial charge in [0.2, 0.25) is 0 Å². The van der Waals surface area contributed by atoms with Gasteiger partial charge in [-0.25, -0.2) is 0 Å². The normalized spacial score (nSPS) is 10.9. The van der Waals surface area contributed by atoms with Gasteiger partial charge < -0.3 is 9.47 Å². The van der Waals surface area contributed by atoms with Gasteiger partial charge in [0.1, 0.15) is 0 Å². The predicted octanol–water partition coefficient (Wildman–Crippen LogP) is 6.76. The Bertz CT molecular complexity index is 592. The third-order valence-corrected chi connectivity index (χ3v) is 4.34. The van der Waals surface area contributed by atoms with Gasteiger partial charge in [0, 0.05) is 5.39 Å². The smallest absolute Gasteiger partial charge is 0.168 e. The SMILES string of the molecule is CCCCCCOc1ccc2ccccc2c1OCCCCCC. The van der Waals surface area contributed by atoms with Gasteiger partial charge in [-0.1, -0.05) is 82.7 Å². The Morgan fingerprint density at radius 1 is 0.667 bits per heavy atom. The van der Waals surface area contributed by atoms with Crippen LogP contribution < -0.4 is 9.47 Å². The Morgan fingerprint density at radius 3 is 2.04 bits per heavy atom. The molecule has 0 aliphatic carbocycles. The summed E-state index contributed by atoms with van der Waals surface area (Å²) >= 11 is 0. The zero-order chi connectivity index (χ0) is 17.0. The number of rotatable bonds is 12. The summed E-state index contributed by atoms with van der Waals surface area (Å²) < 4.78 is 12.2. The van der Waals surface area contributed by atoms with Crippen LogP contribution in [0.25, 0.3) is 10.8 Å². The molecule has 0 unspecified atom stereocenters. The minimum Gasteiger partial charge on any atom is -0.490 e. The molecule has 0 saturated heterocycles. The molecule has 0 bridgehead atoms. The fraction of sp³-hybridized carbons (Fsp3) is 0.545. The fourth-order valence-corrected chi connectivity index (χ4v) is 2.90. The first-order chi connectivity index (χ1) is 11.9. The molecule has 0 aliphatic rings. The molecule has 0 spiro atoms. The van der Waals surface area contributed by atoms with Crippen molar-refractivity contribution in [3.63, 3.8) is 0 Å². The summed E-state index contributed by atoms with van der Waals surface area (Å²) in [4.78, 5) is 0. The highest BCUT2D eigenvalue weighted by atomic mass is 16.5. The quantitative estimate of drug-likeness (QED) is 0.401. The fourth-order valence-electron chi connectivity index (χ4n) is 2.90. The van der Waals surface area contributed by atoms with Crippen molar-refractivity contribution < 1.29 is 9.47 Å². The maximum atomic E-state index is 6.15. The number of fused-ring (bicyclic) bond motifs is 1. The number of hydrogen-bond acceptors (Lipinski definition) is 2. The second kappa shape index (κ2) is 11.0.